The Hall–Kier alpha value is -0.460. The van der Waals surface area contributed by atoms with Crippen molar-refractivity contribution in [3.05, 3.63) is 22.4 Å². The number of nitrogens with one attached hydrogen (secondary N) is 1. The van der Waals surface area contributed by atoms with Gasteiger partial charge >= 0.3 is 0 Å². The van der Waals surface area contributed by atoms with Crippen molar-refractivity contribution >= 4 is 11.3 Å². The first-order valence-corrected chi connectivity index (χ1v) is 8.90. The molecule has 2 fully saturated rings. The van der Waals surface area contributed by atoms with Crippen LogP contribution >= 0.6 is 11.3 Å². The maximum absolute atomic E-state index is 10.2. The van der Waals surface area contributed by atoms with Crippen molar-refractivity contribution in [2.45, 2.75) is 49.9 Å². The molecule has 2 saturated heterocycles. The minimum atomic E-state index is -0.375. The van der Waals surface area contributed by atoms with Crippen molar-refractivity contribution in [3.63, 3.8) is 0 Å². The highest BCUT2D eigenvalue weighted by atomic mass is 32.1. The Morgan fingerprint density at radius 2 is 2.19 bits per heavy atom. The average molecular weight is 310 g/mol. The largest absolute Gasteiger partial charge is 0.387 e. The van der Waals surface area contributed by atoms with Crippen molar-refractivity contribution in [3.8, 4) is 0 Å². The van der Waals surface area contributed by atoms with Crippen LogP contribution in [-0.2, 0) is 4.74 Å². The van der Waals surface area contributed by atoms with E-state index in [1.165, 1.54) is 25.7 Å². The zero-order chi connectivity index (χ0) is 14.7. The summed E-state index contributed by atoms with van der Waals surface area (Å²) in [5.41, 5.74) is 1.04. The monoisotopic (exact) mass is 310 g/mol. The van der Waals surface area contributed by atoms with Gasteiger partial charge in [0.1, 0.15) is 0 Å². The molecular weight excluding hydrogens is 284 g/mol. The van der Waals surface area contributed by atoms with Crippen LogP contribution in [0.15, 0.2) is 16.8 Å². The van der Waals surface area contributed by atoms with Crippen LogP contribution in [0.1, 0.15) is 37.4 Å². The van der Waals surface area contributed by atoms with Gasteiger partial charge in [0.2, 0.25) is 0 Å². The Kier molecular flexibility index (Phi) is 5.29. The quantitative estimate of drug-likeness (QED) is 0.809. The molecular formula is C16H26N2O2S. The molecule has 1 aromatic heterocycles. The van der Waals surface area contributed by atoms with E-state index in [9.17, 15) is 5.11 Å². The van der Waals surface area contributed by atoms with Gasteiger partial charge in [-0.2, -0.15) is 11.3 Å². The predicted molar refractivity (Wildman–Crippen MR) is 85.7 cm³/mol. The van der Waals surface area contributed by atoms with E-state index in [-0.39, 0.29) is 6.10 Å². The summed E-state index contributed by atoms with van der Waals surface area (Å²) in [6.07, 6.45) is 4.67. The van der Waals surface area contributed by atoms with Gasteiger partial charge in [0.15, 0.2) is 0 Å². The first kappa shape index (κ1) is 15.4. The van der Waals surface area contributed by atoms with Gasteiger partial charge in [0.25, 0.3) is 0 Å². The smallest absolute Gasteiger partial charge is 0.0922 e. The van der Waals surface area contributed by atoms with Gasteiger partial charge in [-0.15, -0.1) is 0 Å². The van der Waals surface area contributed by atoms with Crippen LogP contribution in [0.4, 0.5) is 0 Å². The van der Waals surface area contributed by atoms with Crippen LogP contribution in [0.2, 0.25) is 0 Å². The summed E-state index contributed by atoms with van der Waals surface area (Å²) in [6, 6.07) is 3.97. The van der Waals surface area contributed by atoms with E-state index in [4.69, 9.17) is 4.74 Å². The number of fused-ring (bicyclic) bond motifs is 2. The Bertz CT molecular complexity index is 412. The summed E-state index contributed by atoms with van der Waals surface area (Å²) in [4.78, 5) is 2.64. The lowest BCUT2D eigenvalue weighted by atomic mass is 9.97. The third-order valence-corrected chi connectivity index (χ3v) is 5.67. The number of nitrogens with zero attached hydrogens (tertiary/aromatic N) is 1. The molecule has 3 heterocycles. The molecule has 0 aromatic carbocycles. The lowest BCUT2D eigenvalue weighted by Crippen LogP contribution is -2.50. The molecule has 0 radical (unpaired) electrons. The fourth-order valence-corrected chi connectivity index (χ4v) is 4.57. The van der Waals surface area contributed by atoms with Crippen LogP contribution in [0.25, 0.3) is 0 Å². The molecule has 2 aliphatic heterocycles. The summed E-state index contributed by atoms with van der Waals surface area (Å²) < 4.78 is 5.23. The van der Waals surface area contributed by atoms with E-state index in [1.54, 1.807) is 18.4 Å². The number of aliphatic hydroxyl groups excluding tert-OH is 1. The standard InChI is InChI=1S/C16H26N2O2S/c1-20-6-5-18-14-2-3-15(18)9-13(8-14)17-10-16(19)12-4-7-21-11-12/h4,7,11,13-17,19H,2-3,5-6,8-10H2,1H3. The molecule has 3 unspecified atom stereocenters. The molecule has 2 N–H and O–H groups in total. The Labute approximate surface area is 131 Å². The Balaban J connectivity index is 1.47. The van der Waals surface area contributed by atoms with Gasteiger partial charge in [-0.3, -0.25) is 4.90 Å². The third kappa shape index (κ3) is 3.66. The molecule has 118 valence electrons. The van der Waals surface area contributed by atoms with Gasteiger partial charge in [-0.25, -0.2) is 0 Å². The van der Waals surface area contributed by atoms with Crippen molar-refractivity contribution in [1.82, 2.24) is 10.2 Å². The van der Waals surface area contributed by atoms with E-state index in [0.717, 1.165) is 18.7 Å². The Morgan fingerprint density at radius 3 is 2.81 bits per heavy atom. The zero-order valence-corrected chi connectivity index (χ0v) is 13.5. The predicted octanol–water partition coefficient (Wildman–Crippen LogP) is 2.01. The molecule has 0 aliphatic carbocycles. The van der Waals surface area contributed by atoms with Gasteiger partial charge in [-0.1, -0.05) is 0 Å². The van der Waals surface area contributed by atoms with Crippen LogP contribution in [0.5, 0.6) is 0 Å². The molecule has 2 aliphatic rings. The average Bonchev–Trinajstić information content (AvgIpc) is 3.10. The fraction of sp³-hybridized carbons (Fsp3) is 0.750. The summed E-state index contributed by atoms with van der Waals surface area (Å²) in [5.74, 6) is 0. The number of aliphatic hydroxyl groups is 1. The van der Waals surface area contributed by atoms with Gasteiger partial charge in [-0.05, 0) is 48.1 Å². The summed E-state index contributed by atoms with van der Waals surface area (Å²) in [7, 11) is 1.78. The van der Waals surface area contributed by atoms with Gasteiger partial charge < -0.3 is 15.2 Å². The van der Waals surface area contributed by atoms with Crippen LogP contribution in [0.3, 0.4) is 0 Å². The molecule has 4 nitrogen and oxygen atoms in total. The van der Waals surface area contributed by atoms with Crippen molar-refractivity contribution in [2.24, 2.45) is 0 Å². The molecule has 0 spiro atoms. The number of piperidine rings is 1. The second-order valence-corrected chi connectivity index (χ2v) is 7.04. The molecule has 3 atom stereocenters. The number of hydrogen-bond acceptors (Lipinski definition) is 5. The topological polar surface area (TPSA) is 44.7 Å². The van der Waals surface area contributed by atoms with Gasteiger partial charge in [0, 0.05) is 38.3 Å². The summed E-state index contributed by atoms with van der Waals surface area (Å²) in [5, 5.41) is 17.8. The van der Waals surface area contributed by atoms with E-state index >= 15 is 0 Å². The molecule has 0 amide bonds. The van der Waals surface area contributed by atoms with Crippen molar-refractivity contribution in [1.29, 1.82) is 0 Å². The molecule has 3 rings (SSSR count). The summed E-state index contributed by atoms with van der Waals surface area (Å²) >= 11 is 1.64. The highest BCUT2D eigenvalue weighted by Crippen LogP contribution is 2.35. The lowest BCUT2D eigenvalue weighted by molar-refractivity contribution is 0.0736. The van der Waals surface area contributed by atoms with E-state index < -0.39 is 0 Å². The number of thiophene rings is 1. The van der Waals surface area contributed by atoms with E-state index in [2.05, 4.69) is 10.2 Å². The maximum atomic E-state index is 10.2. The first-order chi connectivity index (χ1) is 10.3. The SMILES string of the molecule is COCCN1C2CCC1CC(NCC(O)c1ccsc1)C2. The van der Waals surface area contributed by atoms with Crippen LogP contribution in [0, 0.1) is 0 Å². The molecule has 2 bridgehead atoms. The number of hydrogen-bond donors (Lipinski definition) is 2. The normalized spacial score (nSPS) is 30.7. The number of ether oxygens (including phenoxy) is 1. The second-order valence-electron chi connectivity index (χ2n) is 6.26. The van der Waals surface area contributed by atoms with E-state index in [1.807, 2.05) is 16.8 Å². The molecule has 21 heavy (non-hydrogen) atoms. The third-order valence-electron chi connectivity index (χ3n) is 4.97. The lowest BCUT2D eigenvalue weighted by Gasteiger charge is -2.39. The van der Waals surface area contributed by atoms with Gasteiger partial charge in [0.05, 0.1) is 12.7 Å². The van der Waals surface area contributed by atoms with Crippen molar-refractivity contribution < 1.29 is 9.84 Å². The Morgan fingerprint density at radius 1 is 1.43 bits per heavy atom. The number of methoxy groups -OCH3 is 1. The van der Waals surface area contributed by atoms with Crippen molar-refractivity contribution in [2.75, 3.05) is 26.8 Å². The zero-order valence-electron chi connectivity index (χ0n) is 12.7. The molecule has 5 heteroatoms. The molecule has 1 aromatic rings. The minimum absolute atomic E-state index is 0.375. The maximum Gasteiger partial charge on any atom is 0.0922 e. The number of rotatable bonds is 7. The summed E-state index contributed by atoms with van der Waals surface area (Å²) in [6.45, 7) is 2.57. The highest BCUT2D eigenvalue weighted by Gasteiger charge is 2.40. The van der Waals surface area contributed by atoms with Crippen LogP contribution in [-0.4, -0.2) is 54.9 Å². The minimum Gasteiger partial charge on any atom is -0.387 e. The van der Waals surface area contributed by atoms with E-state index in [0.29, 0.717) is 24.7 Å². The van der Waals surface area contributed by atoms with Crippen LogP contribution < -0.4 is 5.32 Å². The first-order valence-electron chi connectivity index (χ1n) is 7.96. The molecule has 0 saturated carbocycles. The fourth-order valence-electron chi connectivity index (χ4n) is 3.86. The second kappa shape index (κ2) is 7.20. The highest BCUT2D eigenvalue weighted by molar-refractivity contribution is 7.07.